The molecule has 2 nitrogen and oxygen atoms in total. The Balaban J connectivity index is 3.05. The zero-order valence-corrected chi connectivity index (χ0v) is 7.90. The van der Waals surface area contributed by atoms with Crippen molar-refractivity contribution in [2.45, 2.75) is 0 Å². The molecule has 0 aliphatic heterocycles. The molecular formula is C6H2Br2O2. The van der Waals surface area contributed by atoms with Crippen LogP contribution in [0.3, 0.4) is 0 Å². The van der Waals surface area contributed by atoms with Gasteiger partial charge in [-0.25, -0.2) is 0 Å². The number of Topliss-reactive ketones (excluding diaryl/α,β-unsaturated/α-hetero) is 1. The van der Waals surface area contributed by atoms with E-state index in [4.69, 9.17) is 0 Å². The number of carbonyl (C=O) groups excluding carboxylic acids is 2. The summed E-state index contributed by atoms with van der Waals surface area (Å²) in [4.78, 5) is 21.6. The molecule has 0 spiro atoms. The minimum Gasteiger partial charge on any atom is -0.290 e. The molecule has 0 aromatic rings. The number of carbonyl (C=O) groups is 2. The van der Waals surface area contributed by atoms with Crippen molar-refractivity contribution in [2.24, 2.45) is 0 Å². The summed E-state index contributed by atoms with van der Waals surface area (Å²) in [6.07, 6.45) is 2.49. The quantitative estimate of drug-likeness (QED) is 0.625. The van der Waals surface area contributed by atoms with Gasteiger partial charge < -0.3 is 0 Å². The van der Waals surface area contributed by atoms with Gasteiger partial charge in [0, 0.05) is 12.2 Å². The van der Waals surface area contributed by atoms with Crippen LogP contribution in [0.4, 0.5) is 0 Å². The zero-order chi connectivity index (χ0) is 7.72. The molecule has 0 bridgehead atoms. The topological polar surface area (TPSA) is 34.1 Å². The minimum absolute atomic E-state index is 0.182. The average molecular weight is 266 g/mol. The van der Waals surface area contributed by atoms with Crippen molar-refractivity contribution in [2.75, 3.05) is 0 Å². The Bertz CT molecular complexity index is 239. The highest BCUT2D eigenvalue weighted by Crippen LogP contribution is 2.21. The maximum Gasteiger partial charge on any atom is 0.207 e. The monoisotopic (exact) mass is 264 g/mol. The van der Waals surface area contributed by atoms with E-state index >= 15 is 0 Å². The van der Waals surface area contributed by atoms with E-state index in [2.05, 4.69) is 31.9 Å². The van der Waals surface area contributed by atoms with E-state index in [9.17, 15) is 9.59 Å². The fourth-order valence-corrected chi connectivity index (χ4v) is 1.68. The van der Waals surface area contributed by atoms with Crippen LogP contribution in [-0.2, 0) is 9.59 Å². The van der Waals surface area contributed by atoms with Gasteiger partial charge in [-0.3, -0.25) is 9.59 Å². The maximum absolute atomic E-state index is 10.9. The predicted molar refractivity (Wildman–Crippen MR) is 44.0 cm³/mol. The van der Waals surface area contributed by atoms with Crippen LogP contribution in [0.15, 0.2) is 21.1 Å². The van der Waals surface area contributed by atoms with Crippen LogP contribution >= 0.6 is 31.9 Å². The Morgan fingerprint density at radius 1 is 1.00 bits per heavy atom. The SMILES string of the molecule is O=C1C=C(Br)C(=O)C(Br)=C1. The van der Waals surface area contributed by atoms with Crippen LogP contribution in [0, 0.1) is 0 Å². The third-order valence-electron chi connectivity index (χ3n) is 0.972. The van der Waals surface area contributed by atoms with E-state index in [1.165, 1.54) is 12.2 Å². The second-order valence-electron chi connectivity index (χ2n) is 1.72. The second-order valence-corrected chi connectivity index (χ2v) is 3.42. The molecule has 0 saturated heterocycles. The first-order chi connectivity index (χ1) is 4.61. The van der Waals surface area contributed by atoms with E-state index in [1.807, 2.05) is 0 Å². The summed E-state index contributed by atoms with van der Waals surface area (Å²) in [6.45, 7) is 0. The Labute approximate surface area is 74.2 Å². The largest absolute Gasteiger partial charge is 0.290 e. The van der Waals surface area contributed by atoms with Crippen LogP contribution in [-0.4, -0.2) is 11.6 Å². The number of rotatable bonds is 0. The Kier molecular flexibility index (Phi) is 2.21. The molecule has 1 aliphatic carbocycles. The lowest BCUT2D eigenvalue weighted by Crippen LogP contribution is -2.06. The highest BCUT2D eigenvalue weighted by atomic mass is 79.9. The summed E-state index contributed by atoms with van der Waals surface area (Å²) in [6, 6.07) is 0. The van der Waals surface area contributed by atoms with E-state index < -0.39 is 0 Å². The summed E-state index contributed by atoms with van der Waals surface area (Å²) in [7, 11) is 0. The van der Waals surface area contributed by atoms with Gasteiger partial charge in [0.05, 0.1) is 8.96 Å². The Hall–Kier alpha value is -0.220. The first-order valence-electron chi connectivity index (χ1n) is 2.44. The summed E-state index contributed by atoms with van der Waals surface area (Å²) in [5, 5.41) is 0. The van der Waals surface area contributed by atoms with Gasteiger partial charge >= 0.3 is 0 Å². The molecule has 52 valence electrons. The summed E-state index contributed by atoms with van der Waals surface area (Å²) in [5.74, 6) is -0.377. The predicted octanol–water partition coefficient (Wildman–Crippen LogP) is 1.70. The highest BCUT2D eigenvalue weighted by molar-refractivity contribution is 9.13. The molecule has 10 heavy (non-hydrogen) atoms. The maximum atomic E-state index is 10.9. The number of hydrogen-bond donors (Lipinski definition) is 0. The molecule has 0 radical (unpaired) electrons. The van der Waals surface area contributed by atoms with E-state index in [1.54, 1.807) is 0 Å². The Morgan fingerprint density at radius 3 is 1.80 bits per heavy atom. The van der Waals surface area contributed by atoms with E-state index in [0.717, 1.165) is 0 Å². The van der Waals surface area contributed by atoms with Gasteiger partial charge in [-0.15, -0.1) is 0 Å². The van der Waals surface area contributed by atoms with E-state index in [-0.39, 0.29) is 11.6 Å². The molecule has 0 saturated carbocycles. The van der Waals surface area contributed by atoms with Gasteiger partial charge in [-0.05, 0) is 31.9 Å². The molecule has 0 fully saturated rings. The van der Waals surface area contributed by atoms with Crippen molar-refractivity contribution < 1.29 is 9.59 Å². The van der Waals surface area contributed by atoms with Crippen LogP contribution in [0.2, 0.25) is 0 Å². The van der Waals surface area contributed by atoms with Crippen LogP contribution in [0.1, 0.15) is 0 Å². The van der Waals surface area contributed by atoms with Crippen molar-refractivity contribution >= 4 is 43.4 Å². The first kappa shape index (κ1) is 7.88. The fraction of sp³-hybridized carbons (Fsp3) is 0. The minimum atomic E-state index is -0.195. The van der Waals surface area contributed by atoms with E-state index in [0.29, 0.717) is 8.96 Å². The van der Waals surface area contributed by atoms with Gasteiger partial charge in [0.1, 0.15) is 0 Å². The molecule has 0 aromatic heterocycles. The fourth-order valence-electron chi connectivity index (χ4n) is 0.537. The molecule has 1 aliphatic rings. The number of hydrogen-bond acceptors (Lipinski definition) is 2. The van der Waals surface area contributed by atoms with Gasteiger partial charge in [0.15, 0.2) is 5.78 Å². The lowest BCUT2D eigenvalue weighted by molar-refractivity contribution is -0.114. The molecule has 0 amide bonds. The lowest BCUT2D eigenvalue weighted by Gasteiger charge is -2.00. The Morgan fingerprint density at radius 2 is 1.40 bits per heavy atom. The molecule has 4 heteroatoms. The molecule has 0 heterocycles. The molecule has 0 unspecified atom stereocenters. The van der Waals surface area contributed by atoms with Crippen molar-refractivity contribution in [3.63, 3.8) is 0 Å². The third-order valence-corrected chi connectivity index (χ3v) is 2.15. The van der Waals surface area contributed by atoms with Gasteiger partial charge in [0.2, 0.25) is 5.78 Å². The summed E-state index contributed by atoms with van der Waals surface area (Å²) >= 11 is 5.91. The molecule has 0 aromatic carbocycles. The van der Waals surface area contributed by atoms with Crippen LogP contribution in [0.25, 0.3) is 0 Å². The highest BCUT2D eigenvalue weighted by Gasteiger charge is 2.16. The number of halogens is 2. The molecular weight excluding hydrogens is 264 g/mol. The second kappa shape index (κ2) is 2.80. The van der Waals surface area contributed by atoms with Gasteiger partial charge in [-0.2, -0.15) is 0 Å². The number of allylic oxidation sites excluding steroid dienone is 4. The first-order valence-corrected chi connectivity index (χ1v) is 4.03. The van der Waals surface area contributed by atoms with Gasteiger partial charge in [-0.1, -0.05) is 0 Å². The average Bonchev–Trinajstić information content (AvgIpc) is 1.82. The van der Waals surface area contributed by atoms with Crippen molar-refractivity contribution in [1.29, 1.82) is 0 Å². The third kappa shape index (κ3) is 1.44. The van der Waals surface area contributed by atoms with Crippen LogP contribution < -0.4 is 0 Å². The molecule has 0 N–H and O–H groups in total. The lowest BCUT2D eigenvalue weighted by atomic mass is 10.2. The normalized spacial score (nSPS) is 18.6. The summed E-state index contributed by atoms with van der Waals surface area (Å²) in [5.41, 5.74) is 0. The molecule has 1 rings (SSSR count). The standard InChI is InChI=1S/C6H2Br2O2/c7-4-1-3(9)2-5(8)6(4)10/h1-2H. The zero-order valence-electron chi connectivity index (χ0n) is 4.73. The van der Waals surface area contributed by atoms with Crippen LogP contribution in [0.5, 0.6) is 0 Å². The number of ketones is 2. The summed E-state index contributed by atoms with van der Waals surface area (Å²) < 4.78 is 0.596. The van der Waals surface area contributed by atoms with Crippen molar-refractivity contribution in [3.8, 4) is 0 Å². The van der Waals surface area contributed by atoms with Gasteiger partial charge in [0.25, 0.3) is 0 Å². The smallest absolute Gasteiger partial charge is 0.207 e. The van der Waals surface area contributed by atoms with Crippen molar-refractivity contribution in [1.82, 2.24) is 0 Å². The molecule has 0 atom stereocenters. The van der Waals surface area contributed by atoms with Crippen molar-refractivity contribution in [3.05, 3.63) is 21.1 Å².